The van der Waals surface area contributed by atoms with E-state index in [1.165, 1.54) is 0 Å². The maximum Gasteiger partial charge on any atom is 0.0391 e. The molecule has 86 valence electrons. The van der Waals surface area contributed by atoms with Crippen LogP contribution in [0.25, 0.3) is 0 Å². The topological polar surface area (TPSA) is 29.1 Å². The van der Waals surface area contributed by atoms with Crippen molar-refractivity contribution in [3.63, 3.8) is 0 Å². The third-order valence-electron chi connectivity index (χ3n) is 2.71. The molecule has 0 aliphatic carbocycles. The van der Waals surface area contributed by atoms with Gasteiger partial charge >= 0.3 is 0 Å². The molecule has 0 bridgehead atoms. The normalized spacial score (nSPS) is 18.1. The van der Waals surface area contributed by atoms with Crippen molar-refractivity contribution in [2.75, 3.05) is 18.6 Å². The van der Waals surface area contributed by atoms with Gasteiger partial charge in [0.15, 0.2) is 0 Å². The molecular weight excluding hydrogens is 194 g/mol. The quantitative estimate of drug-likeness (QED) is 0.710. The molecule has 2 nitrogen and oxygen atoms in total. The van der Waals surface area contributed by atoms with Crippen LogP contribution in [0, 0.1) is 11.8 Å². The van der Waals surface area contributed by atoms with Crippen molar-refractivity contribution in [1.82, 2.24) is 5.32 Å². The van der Waals surface area contributed by atoms with E-state index in [1.807, 2.05) is 7.05 Å². The molecule has 1 N–H and O–H groups in total. The van der Waals surface area contributed by atoms with Gasteiger partial charge in [-0.05, 0) is 18.9 Å². The van der Waals surface area contributed by atoms with Crippen LogP contribution in [-0.2, 0) is 10.8 Å². The van der Waals surface area contributed by atoms with Crippen molar-refractivity contribution in [3.8, 4) is 0 Å². The lowest BCUT2D eigenvalue weighted by Crippen LogP contribution is -2.36. The van der Waals surface area contributed by atoms with E-state index < -0.39 is 10.8 Å². The van der Waals surface area contributed by atoms with Crippen molar-refractivity contribution in [3.05, 3.63) is 0 Å². The van der Waals surface area contributed by atoms with E-state index in [2.05, 4.69) is 33.0 Å². The maximum absolute atomic E-state index is 11.8. The molecule has 0 rings (SSSR count). The minimum Gasteiger partial charge on any atom is -0.316 e. The first-order valence-electron chi connectivity index (χ1n) is 5.53. The van der Waals surface area contributed by atoms with Gasteiger partial charge in [0, 0.05) is 28.3 Å². The van der Waals surface area contributed by atoms with Crippen LogP contribution in [0.2, 0.25) is 0 Å². The van der Waals surface area contributed by atoms with Crippen LogP contribution < -0.4 is 5.32 Å². The van der Waals surface area contributed by atoms with Gasteiger partial charge in [0.05, 0.1) is 0 Å². The molecule has 0 saturated carbocycles. The van der Waals surface area contributed by atoms with Gasteiger partial charge in [-0.2, -0.15) is 0 Å². The van der Waals surface area contributed by atoms with Crippen LogP contribution in [0.3, 0.4) is 0 Å². The average molecular weight is 219 g/mol. The Kier molecular flexibility index (Phi) is 7.47. The Bertz CT molecular complexity index is 171. The fraction of sp³-hybridized carbons (Fsp3) is 1.00. The minimum atomic E-state index is -0.663. The van der Waals surface area contributed by atoms with Crippen LogP contribution in [-0.4, -0.2) is 28.8 Å². The molecular formula is C11H25NOS. The Morgan fingerprint density at radius 3 is 2.14 bits per heavy atom. The monoisotopic (exact) mass is 219 g/mol. The van der Waals surface area contributed by atoms with Gasteiger partial charge in [0.2, 0.25) is 0 Å². The van der Waals surface area contributed by atoms with Crippen molar-refractivity contribution < 1.29 is 4.21 Å². The van der Waals surface area contributed by atoms with E-state index in [4.69, 9.17) is 0 Å². The van der Waals surface area contributed by atoms with E-state index in [9.17, 15) is 4.21 Å². The molecule has 0 aliphatic heterocycles. The highest BCUT2D eigenvalue weighted by atomic mass is 32.2. The van der Waals surface area contributed by atoms with Crippen molar-refractivity contribution in [2.45, 2.75) is 40.2 Å². The number of rotatable bonds is 7. The van der Waals surface area contributed by atoms with Gasteiger partial charge < -0.3 is 5.32 Å². The summed E-state index contributed by atoms with van der Waals surface area (Å²) in [5, 5.41) is 3.23. The lowest BCUT2D eigenvalue weighted by molar-refractivity contribution is 0.461. The minimum absolute atomic E-state index is 0.389. The summed E-state index contributed by atoms with van der Waals surface area (Å²) < 4.78 is 11.8. The molecule has 0 saturated heterocycles. The molecule has 0 radical (unpaired) electrons. The lowest BCUT2D eigenvalue weighted by Gasteiger charge is -2.20. The fourth-order valence-corrected chi connectivity index (χ4v) is 3.27. The Morgan fingerprint density at radius 2 is 1.79 bits per heavy atom. The number of hydrogen-bond donors (Lipinski definition) is 1. The SMILES string of the molecule is CCC(C)CS(=O)CC(NC)C(C)C. The predicted octanol–water partition coefficient (Wildman–Crippen LogP) is 2.03. The first-order chi connectivity index (χ1) is 6.51. The summed E-state index contributed by atoms with van der Waals surface area (Å²) in [6, 6.07) is 0.389. The molecule has 0 aliphatic rings. The van der Waals surface area contributed by atoms with Gasteiger partial charge in [-0.25, -0.2) is 0 Å². The molecule has 3 heteroatoms. The average Bonchev–Trinajstić information content (AvgIpc) is 2.13. The highest BCUT2D eigenvalue weighted by Gasteiger charge is 2.15. The Labute approximate surface area is 91.3 Å². The van der Waals surface area contributed by atoms with Gasteiger partial charge in [0.25, 0.3) is 0 Å². The van der Waals surface area contributed by atoms with Gasteiger partial charge in [-0.1, -0.05) is 34.1 Å². The van der Waals surface area contributed by atoms with E-state index in [1.54, 1.807) is 0 Å². The molecule has 0 aromatic rings. The summed E-state index contributed by atoms with van der Waals surface area (Å²) in [6.07, 6.45) is 1.12. The van der Waals surface area contributed by atoms with Crippen LogP contribution in [0.4, 0.5) is 0 Å². The second-order valence-corrected chi connectivity index (χ2v) is 5.97. The molecule has 3 unspecified atom stereocenters. The summed E-state index contributed by atoms with van der Waals surface area (Å²) in [5.41, 5.74) is 0. The van der Waals surface area contributed by atoms with Crippen molar-refractivity contribution in [2.24, 2.45) is 11.8 Å². The highest BCUT2D eigenvalue weighted by molar-refractivity contribution is 7.85. The van der Waals surface area contributed by atoms with E-state index in [0.29, 0.717) is 17.9 Å². The van der Waals surface area contributed by atoms with Crippen molar-refractivity contribution in [1.29, 1.82) is 0 Å². The number of nitrogens with one attached hydrogen (secondary N) is 1. The summed E-state index contributed by atoms with van der Waals surface area (Å²) in [5.74, 6) is 2.78. The fourth-order valence-electron chi connectivity index (χ4n) is 1.31. The van der Waals surface area contributed by atoms with Gasteiger partial charge in [0.1, 0.15) is 0 Å². The van der Waals surface area contributed by atoms with E-state index in [-0.39, 0.29) is 0 Å². The first kappa shape index (κ1) is 14.1. The van der Waals surface area contributed by atoms with Crippen LogP contribution in [0.1, 0.15) is 34.1 Å². The molecule has 3 atom stereocenters. The largest absolute Gasteiger partial charge is 0.316 e. The molecule has 0 spiro atoms. The smallest absolute Gasteiger partial charge is 0.0391 e. The third kappa shape index (κ3) is 5.76. The standard InChI is InChI=1S/C11H25NOS/c1-6-10(4)7-14(13)8-11(12-5)9(2)3/h9-12H,6-8H2,1-5H3. The van der Waals surface area contributed by atoms with E-state index >= 15 is 0 Å². The molecule has 0 heterocycles. The highest BCUT2D eigenvalue weighted by Crippen LogP contribution is 2.07. The van der Waals surface area contributed by atoms with Crippen LogP contribution >= 0.6 is 0 Å². The zero-order chi connectivity index (χ0) is 11.1. The molecule has 0 amide bonds. The van der Waals surface area contributed by atoms with Gasteiger partial charge in [-0.3, -0.25) is 4.21 Å². The molecule has 0 fully saturated rings. The zero-order valence-electron chi connectivity index (χ0n) is 10.2. The second kappa shape index (κ2) is 7.41. The summed E-state index contributed by atoms with van der Waals surface area (Å²) in [6.45, 7) is 8.66. The number of hydrogen-bond acceptors (Lipinski definition) is 2. The predicted molar refractivity (Wildman–Crippen MR) is 65.0 cm³/mol. The second-order valence-electron chi connectivity index (χ2n) is 4.43. The van der Waals surface area contributed by atoms with Crippen LogP contribution in [0.15, 0.2) is 0 Å². The molecule has 14 heavy (non-hydrogen) atoms. The Morgan fingerprint density at radius 1 is 1.21 bits per heavy atom. The third-order valence-corrected chi connectivity index (χ3v) is 4.38. The maximum atomic E-state index is 11.8. The first-order valence-corrected chi connectivity index (χ1v) is 7.02. The lowest BCUT2D eigenvalue weighted by atomic mass is 10.1. The zero-order valence-corrected chi connectivity index (χ0v) is 11.0. The molecule has 0 aromatic heterocycles. The van der Waals surface area contributed by atoms with Gasteiger partial charge in [-0.15, -0.1) is 0 Å². The summed E-state index contributed by atoms with van der Waals surface area (Å²) in [4.78, 5) is 0. The summed E-state index contributed by atoms with van der Waals surface area (Å²) >= 11 is 0. The Hall–Kier alpha value is 0.110. The van der Waals surface area contributed by atoms with Crippen LogP contribution in [0.5, 0.6) is 0 Å². The van der Waals surface area contributed by atoms with Crippen molar-refractivity contribution >= 4 is 10.8 Å². The summed E-state index contributed by atoms with van der Waals surface area (Å²) in [7, 11) is 1.29. The molecule has 0 aromatic carbocycles. The van der Waals surface area contributed by atoms with E-state index in [0.717, 1.165) is 17.9 Å². The Balaban J connectivity index is 3.91.